The molecule has 2 rings (SSSR count). The molecule has 21 heavy (non-hydrogen) atoms. The molecule has 110 valence electrons. The van der Waals surface area contributed by atoms with Gasteiger partial charge >= 0.3 is 5.69 Å². The van der Waals surface area contributed by atoms with Crippen LogP contribution in [-0.2, 0) is 10.0 Å². The number of benzene rings is 2. The van der Waals surface area contributed by atoms with Gasteiger partial charge in [0, 0.05) is 11.8 Å². The normalized spacial score (nSPS) is 11.0. The van der Waals surface area contributed by atoms with Gasteiger partial charge in [-0.15, -0.1) is 0 Å². The zero-order valence-corrected chi connectivity index (χ0v) is 11.4. The lowest BCUT2D eigenvalue weighted by Crippen LogP contribution is -2.13. The molecule has 0 fully saturated rings. The Bertz CT molecular complexity index is 804. The maximum absolute atomic E-state index is 12.1. The van der Waals surface area contributed by atoms with Crippen LogP contribution in [0.3, 0.4) is 0 Å². The van der Waals surface area contributed by atoms with Gasteiger partial charge in [-0.3, -0.25) is 14.8 Å². The van der Waals surface area contributed by atoms with Gasteiger partial charge in [-0.05, 0) is 30.3 Å². The summed E-state index contributed by atoms with van der Waals surface area (Å²) in [7, 11) is -4.02. The average molecular weight is 309 g/mol. The highest BCUT2D eigenvalue weighted by Crippen LogP contribution is 2.29. The van der Waals surface area contributed by atoms with Gasteiger partial charge in [-0.1, -0.05) is 6.07 Å². The number of sulfonamides is 1. The van der Waals surface area contributed by atoms with Crippen LogP contribution >= 0.6 is 0 Å². The Hall–Kier alpha value is -2.81. The zero-order valence-electron chi connectivity index (χ0n) is 10.6. The molecule has 0 aliphatic rings. The van der Waals surface area contributed by atoms with E-state index in [2.05, 4.69) is 4.72 Å². The number of nitrogens with two attached hydrogens (primary N) is 1. The number of nitrogens with zero attached hydrogens (tertiary/aromatic N) is 1. The van der Waals surface area contributed by atoms with Crippen LogP contribution in [0.5, 0.6) is 5.75 Å². The third kappa shape index (κ3) is 3.20. The highest BCUT2D eigenvalue weighted by Gasteiger charge is 2.21. The fourth-order valence-corrected chi connectivity index (χ4v) is 2.70. The molecule has 0 amide bonds. The first-order valence-corrected chi connectivity index (χ1v) is 7.14. The van der Waals surface area contributed by atoms with E-state index in [0.717, 1.165) is 18.2 Å². The van der Waals surface area contributed by atoms with Gasteiger partial charge in [0.05, 0.1) is 15.5 Å². The van der Waals surface area contributed by atoms with Crippen molar-refractivity contribution in [1.29, 1.82) is 0 Å². The summed E-state index contributed by atoms with van der Waals surface area (Å²) in [5, 5.41) is 20.0. The summed E-state index contributed by atoms with van der Waals surface area (Å²) in [6.07, 6.45) is 0. The van der Waals surface area contributed by atoms with Crippen molar-refractivity contribution in [2.45, 2.75) is 4.90 Å². The molecule has 0 aliphatic carbocycles. The van der Waals surface area contributed by atoms with Crippen LogP contribution in [0.2, 0.25) is 0 Å². The molecule has 4 N–H and O–H groups in total. The molecule has 0 aliphatic heterocycles. The second kappa shape index (κ2) is 5.29. The lowest BCUT2D eigenvalue weighted by Gasteiger charge is -2.08. The summed E-state index contributed by atoms with van der Waals surface area (Å²) >= 11 is 0. The quantitative estimate of drug-likeness (QED) is 0.446. The van der Waals surface area contributed by atoms with Gasteiger partial charge in [0.25, 0.3) is 10.0 Å². The SMILES string of the molecule is Nc1cccc(NS(=O)(=O)c2ccc(O)c([N+](=O)[O-])c2)c1. The largest absolute Gasteiger partial charge is 0.502 e. The summed E-state index contributed by atoms with van der Waals surface area (Å²) in [4.78, 5) is 9.51. The topological polar surface area (TPSA) is 136 Å². The lowest BCUT2D eigenvalue weighted by atomic mass is 10.3. The van der Waals surface area contributed by atoms with Gasteiger partial charge in [-0.25, -0.2) is 8.42 Å². The van der Waals surface area contributed by atoms with E-state index in [1.165, 1.54) is 12.1 Å². The van der Waals surface area contributed by atoms with Crippen LogP contribution in [-0.4, -0.2) is 18.4 Å². The van der Waals surface area contributed by atoms with Crippen molar-refractivity contribution in [2.75, 3.05) is 10.5 Å². The van der Waals surface area contributed by atoms with Crippen molar-refractivity contribution in [3.63, 3.8) is 0 Å². The van der Waals surface area contributed by atoms with Crippen molar-refractivity contribution in [1.82, 2.24) is 0 Å². The maximum atomic E-state index is 12.1. The van der Waals surface area contributed by atoms with E-state index in [1.807, 2.05) is 0 Å². The summed E-state index contributed by atoms with van der Waals surface area (Å²) < 4.78 is 26.5. The Balaban J connectivity index is 2.40. The van der Waals surface area contributed by atoms with E-state index in [-0.39, 0.29) is 10.6 Å². The molecule has 0 heterocycles. The molecule has 0 saturated carbocycles. The number of hydrogen-bond acceptors (Lipinski definition) is 6. The zero-order chi connectivity index (χ0) is 15.6. The average Bonchev–Trinajstić information content (AvgIpc) is 2.38. The molecule has 2 aromatic carbocycles. The number of anilines is 2. The summed E-state index contributed by atoms with van der Waals surface area (Å²) in [5.41, 5.74) is 5.45. The molecule has 0 atom stereocenters. The van der Waals surface area contributed by atoms with Crippen LogP contribution < -0.4 is 10.5 Å². The Morgan fingerprint density at radius 1 is 1.19 bits per heavy atom. The van der Waals surface area contributed by atoms with E-state index < -0.39 is 26.4 Å². The lowest BCUT2D eigenvalue weighted by molar-refractivity contribution is -0.386. The molecule has 0 bridgehead atoms. The molecule has 0 aromatic heterocycles. The molecule has 2 aromatic rings. The van der Waals surface area contributed by atoms with Crippen LogP contribution in [0, 0.1) is 10.1 Å². The molecular weight excluding hydrogens is 298 g/mol. The van der Waals surface area contributed by atoms with E-state index >= 15 is 0 Å². The number of nitrogen functional groups attached to an aromatic ring is 1. The minimum Gasteiger partial charge on any atom is -0.502 e. The molecule has 0 radical (unpaired) electrons. The Morgan fingerprint density at radius 3 is 2.52 bits per heavy atom. The van der Waals surface area contributed by atoms with E-state index in [4.69, 9.17) is 5.73 Å². The maximum Gasteiger partial charge on any atom is 0.312 e. The predicted octanol–water partition coefficient (Wildman–Crippen LogP) is 1.68. The van der Waals surface area contributed by atoms with Gasteiger partial charge in [-0.2, -0.15) is 0 Å². The first kappa shape index (κ1) is 14.6. The Labute approximate surface area is 120 Å². The van der Waals surface area contributed by atoms with E-state index in [0.29, 0.717) is 5.69 Å². The number of hydrogen-bond donors (Lipinski definition) is 3. The fourth-order valence-electron chi connectivity index (χ4n) is 1.63. The first-order valence-electron chi connectivity index (χ1n) is 5.65. The molecule has 0 saturated heterocycles. The highest BCUT2D eigenvalue weighted by molar-refractivity contribution is 7.92. The first-order chi connectivity index (χ1) is 9.79. The third-order valence-corrected chi connectivity index (χ3v) is 3.97. The highest BCUT2D eigenvalue weighted by atomic mass is 32.2. The van der Waals surface area contributed by atoms with Crippen molar-refractivity contribution in [3.05, 3.63) is 52.6 Å². The number of aromatic hydroxyl groups is 1. The summed E-state index contributed by atoms with van der Waals surface area (Å²) in [5.74, 6) is -0.608. The van der Waals surface area contributed by atoms with Crippen LogP contribution in [0.4, 0.5) is 17.1 Å². The van der Waals surface area contributed by atoms with E-state index in [1.54, 1.807) is 12.1 Å². The number of phenols is 1. The van der Waals surface area contributed by atoms with Crippen LogP contribution in [0.1, 0.15) is 0 Å². The molecule has 9 heteroatoms. The number of rotatable bonds is 4. The fraction of sp³-hybridized carbons (Fsp3) is 0. The number of phenolic OH excluding ortho intramolecular Hbond substituents is 1. The van der Waals surface area contributed by atoms with Gasteiger partial charge in [0.2, 0.25) is 0 Å². The standard InChI is InChI=1S/C12H11N3O5S/c13-8-2-1-3-9(6-8)14-21(19,20)10-4-5-12(16)11(7-10)15(17)18/h1-7,14,16H,13H2. The second-order valence-electron chi connectivity index (χ2n) is 4.14. The molecular formula is C12H11N3O5S. The van der Waals surface area contributed by atoms with Crippen LogP contribution in [0.25, 0.3) is 0 Å². The van der Waals surface area contributed by atoms with Gasteiger partial charge in [0.15, 0.2) is 5.75 Å². The van der Waals surface area contributed by atoms with Crippen molar-refractivity contribution in [2.24, 2.45) is 0 Å². The van der Waals surface area contributed by atoms with Crippen molar-refractivity contribution in [3.8, 4) is 5.75 Å². The number of nitro groups is 1. The molecule has 0 spiro atoms. The smallest absolute Gasteiger partial charge is 0.312 e. The molecule has 0 unspecified atom stereocenters. The van der Waals surface area contributed by atoms with Gasteiger partial charge < -0.3 is 10.8 Å². The Kier molecular flexibility index (Phi) is 3.68. The van der Waals surface area contributed by atoms with Crippen LogP contribution in [0.15, 0.2) is 47.4 Å². The summed E-state index contributed by atoms with van der Waals surface area (Å²) in [6, 6.07) is 8.84. The number of nitrogens with one attached hydrogen (secondary N) is 1. The van der Waals surface area contributed by atoms with Crippen molar-refractivity contribution >= 4 is 27.1 Å². The van der Waals surface area contributed by atoms with Crippen molar-refractivity contribution < 1.29 is 18.4 Å². The Morgan fingerprint density at radius 2 is 1.90 bits per heavy atom. The minimum atomic E-state index is -4.02. The van der Waals surface area contributed by atoms with Gasteiger partial charge in [0.1, 0.15) is 0 Å². The monoisotopic (exact) mass is 309 g/mol. The molecule has 8 nitrogen and oxygen atoms in total. The summed E-state index contributed by atoms with van der Waals surface area (Å²) in [6.45, 7) is 0. The predicted molar refractivity (Wildman–Crippen MR) is 76.4 cm³/mol. The third-order valence-electron chi connectivity index (χ3n) is 2.59. The number of nitro benzene ring substituents is 1. The van der Waals surface area contributed by atoms with E-state index in [9.17, 15) is 23.6 Å². The minimum absolute atomic E-state index is 0.228. The second-order valence-corrected chi connectivity index (χ2v) is 5.82.